The van der Waals surface area contributed by atoms with Crippen LogP contribution in [-0.2, 0) is 6.42 Å². The summed E-state index contributed by atoms with van der Waals surface area (Å²) >= 11 is 0. The Morgan fingerprint density at radius 1 is 1.19 bits per heavy atom. The average molecular weight is 221 g/mol. The second-order valence-electron chi connectivity index (χ2n) is 4.72. The summed E-state index contributed by atoms with van der Waals surface area (Å²) in [5.41, 5.74) is 3.56. The Balaban J connectivity index is 2.32. The van der Waals surface area contributed by atoms with Crippen molar-refractivity contribution in [3.63, 3.8) is 0 Å². The third-order valence-corrected chi connectivity index (χ3v) is 2.71. The summed E-state index contributed by atoms with van der Waals surface area (Å²) in [6.45, 7) is 10.8. The number of nitrogens with one attached hydrogen (secondary N) is 1. The fourth-order valence-electron chi connectivity index (χ4n) is 1.76. The Morgan fingerprint density at radius 2 is 1.81 bits per heavy atom. The van der Waals surface area contributed by atoms with Crippen molar-refractivity contribution in [2.45, 2.75) is 40.5 Å². The number of rotatable bonds is 6. The Kier molecular flexibility index (Phi) is 5.39. The van der Waals surface area contributed by atoms with Gasteiger partial charge in [0.15, 0.2) is 0 Å². The molecule has 0 unspecified atom stereocenters. The lowest BCUT2D eigenvalue weighted by atomic mass is 10.1. The van der Waals surface area contributed by atoms with E-state index in [9.17, 15) is 0 Å². The predicted molar refractivity (Wildman–Crippen MR) is 67.5 cm³/mol. The van der Waals surface area contributed by atoms with Gasteiger partial charge in [0.1, 0.15) is 6.33 Å². The Bertz CT molecular complexity index is 301. The Morgan fingerprint density at radius 3 is 2.38 bits per heavy atom. The number of nitrogens with zero attached hydrogens (tertiary/aromatic N) is 2. The van der Waals surface area contributed by atoms with Gasteiger partial charge in [0, 0.05) is 11.4 Å². The molecule has 0 atom stereocenters. The number of hydrogen-bond donors (Lipinski definition) is 1. The van der Waals surface area contributed by atoms with Gasteiger partial charge in [-0.25, -0.2) is 9.97 Å². The highest BCUT2D eigenvalue weighted by Crippen LogP contribution is 2.10. The molecule has 3 nitrogen and oxygen atoms in total. The molecule has 1 N–H and O–H groups in total. The van der Waals surface area contributed by atoms with Gasteiger partial charge in [-0.2, -0.15) is 0 Å². The molecular weight excluding hydrogens is 198 g/mol. The first-order valence-electron chi connectivity index (χ1n) is 6.09. The van der Waals surface area contributed by atoms with Crippen molar-refractivity contribution < 1.29 is 0 Å². The first-order valence-corrected chi connectivity index (χ1v) is 6.09. The van der Waals surface area contributed by atoms with Crippen LogP contribution in [0.25, 0.3) is 0 Å². The molecule has 1 heterocycles. The quantitative estimate of drug-likeness (QED) is 0.749. The van der Waals surface area contributed by atoms with Gasteiger partial charge < -0.3 is 5.32 Å². The van der Waals surface area contributed by atoms with E-state index in [-0.39, 0.29) is 0 Å². The van der Waals surface area contributed by atoms with E-state index in [1.165, 1.54) is 5.56 Å². The zero-order valence-electron chi connectivity index (χ0n) is 10.9. The maximum Gasteiger partial charge on any atom is 0.115 e. The summed E-state index contributed by atoms with van der Waals surface area (Å²) in [5, 5.41) is 3.45. The molecule has 0 aliphatic heterocycles. The van der Waals surface area contributed by atoms with Gasteiger partial charge in [0.05, 0.1) is 0 Å². The molecule has 1 aromatic rings. The lowest BCUT2D eigenvalue weighted by molar-refractivity contribution is 0.542. The number of hydrogen-bond acceptors (Lipinski definition) is 3. The minimum atomic E-state index is 0.725. The monoisotopic (exact) mass is 221 g/mol. The zero-order chi connectivity index (χ0) is 12.0. The summed E-state index contributed by atoms with van der Waals surface area (Å²) in [4.78, 5) is 8.47. The van der Waals surface area contributed by atoms with Crippen molar-refractivity contribution in [2.24, 2.45) is 5.92 Å². The number of aromatic nitrogens is 2. The van der Waals surface area contributed by atoms with Crippen molar-refractivity contribution in [1.82, 2.24) is 15.3 Å². The van der Waals surface area contributed by atoms with E-state index in [1.54, 1.807) is 6.33 Å². The molecule has 0 amide bonds. The fraction of sp³-hybridized carbons (Fsp3) is 0.692. The van der Waals surface area contributed by atoms with Gasteiger partial charge in [-0.3, -0.25) is 0 Å². The molecule has 0 saturated carbocycles. The highest BCUT2D eigenvalue weighted by atomic mass is 14.9. The van der Waals surface area contributed by atoms with Crippen LogP contribution in [0.2, 0.25) is 0 Å². The maximum absolute atomic E-state index is 4.24. The predicted octanol–water partition coefficient (Wildman–Crippen LogP) is 2.27. The fourth-order valence-corrected chi connectivity index (χ4v) is 1.76. The van der Waals surface area contributed by atoms with Crippen LogP contribution >= 0.6 is 0 Å². The molecule has 1 aromatic heterocycles. The summed E-state index contributed by atoms with van der Waals surface area (Å²) in [6.07, 6.45) is 3.87. The van der Waals surface area contributed by atoms with Crippen molar-refractivity contribution in [2.75, 3.05) is 13.1 Å². The van der Waals surface area contributed by atoms with Gasteiger partial charge >= 0.3 is 0 Å². The van der Waals surface area contributed by atoms with Crippen molar-refractivity contribution in [3.05, 3.63) is 23.3 Å². The first-order chi connectivity index (χ1) is 7.61. The van der Waals surface area contributed by atoms with Crippen LogP contribution in [0.15, 0.2) is 6.33 Å². The highest BCUT2D eigenvalue weighted by Gasteiger charge is 2.03. The SMILES string of the molecule is Cc1ncnc(C)c1CCCNCC(C)C. The standard InChI is InChI=1S/C13H23N3/c1-10(2)8-14-7-5-6-13-11(3)15-9-16-12(13)4/h9-10,14H,5-8H2,1-4H3. The van der Waals surface area contributed by atoms with E-state index in [0.29, 0.717) is 0 Å². The van der Waals surface area contributed by atoms with E-state index in [1.807, 2.05) is 0 Å². The minimum Gasteiger partial charge on any atom is -0.316 e. The van der Waals surface area contributed by atoms with Gasteiger partial charge in [-0.1, -0.05) is 13.8 Å². The Hall–Kier alpha value is -0.960. The summed E-state index contributed by atoms with van der Waals surface area (Å²) < 4.78 is 0. The molecular formula is C13H23N3. The van der Waals surface area contributed by atoms with Crippen LogP contribution in [0.5, 0.6) is 0 Å². The molecule has 16 heavy (non-hydrogen) atoms. The van der Waals surface area contributed by atoms with Crippen LogP contribution < -0.4 is 5.32 Å². The molecule has 0 spiro atoms. The molecule has 3 heteroatoms. The maximum atomic E-state index is 4.24. The normalized spacial score (nSPS) is 11.1. The van der Waals surface area contributed by atoms with E-state index >= 15 is 0 Å². The van der Waals surface area contributed by atoms with Gasteiger partial charge in [0.25, 0.3) is 0 Å². The first kappa shape index (κ1) is 13.1. The second kappa shape index (κ2) is 6.59. The Labute approximate surface area is 98.7 Å². The third-order valence-electron chi connectivity index (χ3n) is 2.71. The highest BCUT2D eigenvalue weighted by molar-refractivity contribution is 5.22. The molecule has 0 bridgehead atoms. The van der Waals surface area contributed by atoms with Gasteiger partial charge in [-0.15, -0.1) is 0 Å². The van der Waals surface area contributed by atoms with Crippen LogP contribution in [0.3, 0.4) is 0 Å². The van der Waals surface area contributed by atoms with Crippen molar-refractivity contribution in [1.29, 1.82) is 0 Å². The van der Waals surface area contributed by atoms with E-state index in [0.717, 1.165) is 43.2 Å². The number of aryl methyl sites for hydroxylation is 2. The van der Waals surface area contributed by atoms with Gasteiger partial charge in [0.2, 0.25) is 0 Å². The molecule has 0 fully saturated rings. The van der Waals surface area contributed by atoms with Crippen molar-refractivity contribution >= 4 is 0 Å². The summed E-state index contributed by atoms with van der Waals surface area (Å²) in [7, 11) is 0. The summed E-state index contributed by atoms with van der Waals surface area (Å²) in [5.74, 6) is 0.725. The molecule has 0 aliphatic carbocycles. The topological polar surface area (TPSA) is 37.8 Å². The molecule has 0 saturated heterocycles. The smallest absolute Gasteiger partial charge is 0.115 e. The van der Waals surface area contributed by atoms with E-state index < -0.39 is 0 Å². The minimum absolute atomic E-state index is 0.725. The molecule has 0 aliphatic rings. The largest absolute Gasteiger partial charge is 0.316 e. The van der Waals surface area contributed by atoms with Gasteiger partial charge in [-0.05, 0) is 51.3 Å². The van der Waals surface area contributed by atoms with Crippen molar-refractivity contribution in [3.8, 4) is 0 Å². The van der Waals surface area contributed by atoms with Crippen LogP contribution in [-0.4, -0.2) is 23.1 Å². The van der Waals surface area contributed by atoms with E-state index in [2.05, 4.69) is 43.0 Å². The lowest BCUT2D eigenvalue weighted by Gasteiger charge is -2.09. The second-order valence-corrected chi connectivity index (χ2v) is 4.72. The van der Waals surface area contributed by atoms with Crippen LogP contribution in [0.1, 0.15) is 37.2 Å². The molecule has 90 valence electrons. The lowest BCUT2D eigenvalue weighted by Crippen LogP contribution is -2.21. The van der Waals surface area contributed by atoms with Crippen LogP contribution in [0.4, 0.5) is 0 Å². The van der Waals surface area contributed by atoms with Crippen LogP contribution in [0, 0.1) is 19.8 Å². The molecule has 0 aromatic carbocycles. The average Bonchev–Trinajstić information content (AvgIpc) is 2.21. The molecule has 0 radical (unpaired) electrons. The molecule has 1 rings (SSSR count). The summed E-state index contributed by atoms with van der Waals surface area (Å²) in [6, 6.07) is 0. The van der Waals surface area contributed by atoms with E-state index in [4.69, 9.17) is 0 Å². The third kappa shape index (κ3) is 4.27. The zero-order valence-corrected chi connectivity index (χ0v) is 10.9.